The summed E-state index contributed by atoms with van der Waals surface area (Å²) >= 11 is 0. The van der Waals surface area contributed by atoms with Gasteiger partial charge in [0.15, 0.2) is 0 Å². The molecule has 1 aliphatic heterocycles. The topological polar surface area (TPSA) is 20.3 Å². The van der Waals surface area contributed by atoms with E-state index in [9.17, 15) is 4.79 Å². The third-order valence-corrected chi connectivity index (χ3v) is 7.28. The van der Waals surface area contributed by atoms with Crippen LogP contribution in [0.15, 0.2) is 115 Å². The van der Waals surface area contributed by atoms with Crippen molar-refractivity contribution in [1.29, 1.82) is 0 Å². The van der Waals surface area contributed by atoms with Crippen molar-refractivity contribution in [2.75, 3.05) is 6.54 Å². The van der Waals surface area contributed by atoms with Crippen molar-refractivity contribution in [2.45, 2.75) is 37.6 Å². The molecule has 0 radical (unpaired) electrons. The summed E-state index contributed by atoms with van der Waals surface area (Å²) < 4.78 is 0. The maximum Gasteiger partial charge on any atom is 0.235 e. The van der Waals surface area contributed by atoms with Gasteiger partial charge in [-0.15, -0.1) is 0 Å². The first-order valence-electron chi connectivity index (χ1n) is 12.1. The fourth-order valence-corrected chi connectivity index (χ4v) is 5.65. The van der Waals surface area contributed by atoms with E-state index >= 15 is 0 Å². The van der Waals surface area contributed by atoms with Gasteiger partial charge in [-0.25, -0.2) is 0 Å². The van der Waals surface area contributed by atoms with Crippen molar-refractivity contribution in [3.05, 3.63) is 143 Å². The van der Waals surface area contributed by atoms with E-state index in [1.165, 1.54) is 16.7 Å². The van der Waals surface area contributed by atoms with E-state index in [4.69, 9.17) is 0 Å². The minimum atomic E-state index is -0.410. The lowest BCUT2D eigenvalue weighted by Gasteiger charge is -2.44. The van der Waals surface area contributed by atoms with Crippen LogP contribution in [0.2, 0.25) is 0 Å². The summed E-state index contributed by atoms with van der Waals surface area (Å²) in [4.78, 5) is 16.7. The number of amides is 1. The van der Waals surface area contributed by atoms with Crippen LogP contribution in [0.3, 0.4) is 0 Å². The SMILES string of the molecule is CC1(C)C(c2ccccc2)c2ccccc2CCN1C(=O)C(c1ccccc1)c1ccccc1. The predicted octanol–water partition coefficient (Wildman–Crippen LogP) is 6.81. The van der Waals surface area contributed by atoms with Crippen LogP contribution < -0.4 is 0 Å². The molecule has 4 aromatic carbocycles. The molecule has 4 aromatic rings. The Kier molecular flexibility index (Phi) is 6.06. The lowest BCUT2D eigenvalue weighted by Crippen LogP contribution is -2.53. The molecule has 5 rings (SSSR count). The van der Waals surface area contributed by atoms with Gasteiger partial charge in [-0.2, -0.15) is 0 Å². The monoisotopic (exact) mass is 445 g/mol. The molecule has 2 nitrogen and oxygen atoms in total. The van der Waals surface area contributed by atoms with Gasteiger partial charge in [-0.3, -0.25) is 4.79 Å². The van der Waals surface area contributed by atoms with Crippen LogP contribution in [0, 0.1) is 0 Å². The number of fused-ring (bicyclic) bond motifs is 1. The number of carbonyl (C=O) groups is 1. The number of carbonyl (C=O) groups excluding carboxylic acids is 1. The Hall–Kier alpha value is -3.65. The normalized spacial score (nSPS) is 17.1. The summed E-state index contributed by atoms with van der Waals surface area (Å²) in [7, 11) is 0. The van der Waals surface area contributed by atoms with Gasteiger partial charge >= 0.3 is 0 Å². The molecule has 0 aromatic heterocycles. The fraction of sp³-hybridized carbons (Fsp3) is 0.219. The van der Waals surface area contributed by atoms with E-state index in [1.54, 1.807) is 0 Å². The second-order valence-corrected chi connectivity index (χ2v) is 9.69. The average Bonchev–Trinajstić information content (AvgIpc) is 2.98. The van der Waals surface area contributed by atoms with Gasteiger partial charge in [-0.1, -0.05) is 115 Å². The van der Waals surface area contributed by atoms with Crippen molar-refractivity contribution in [2.24, 2.45) is 0 Å². The summed E-state index contributed by atoms with van der Waals surface area (Å²) in [5.74, 6) is -0.0843. The standard InChI is InChI=1S/C32H31NO/c1-32(2)30(27-19-10-5-11-20-27)28-21-13-12-14-24(28)22-23-33(32)31(34)29(25-15-6-3-7-16-25)26-17-8-4-9-18-26/h3-21,29-30H,22-23H2,1-2H3. The van der Waals surface area contributed by atoms with Gasteiger partial charge in [-0.05, 0) is 48.1 Å². The average molecular weight is 446 g/mol. The fourth-order valence-electron chi connectivity index (χ4n) is 5.65. The summed E-state index contributed by atoms with van der Waals surface area (Å²) in [5, 5.41) is 0. The number of rotatable bonds is 4. The molecule has 0 aliphatic carbocycles. The molecule has 0 bridgehead atoms. The van der Waals surface area contributed by atoms with Crippen LogP contribution in [0.1, 0.15) is 53.5 Å². The molecule has 1 unspecified atom stereocenters. The molecule has 1 atom stereocenters. The van der Waals surface area contributed by atoms with E-state index in [0.29, 0.717) is 6.54 Å². The second kappa shape index (κ2) is 9.30. The Labute approximate surface area is 202 Å². The maximum atomic E-state index is 14.5. The Bertz CT molecular complexity index is 1210. The zero-order chi connectivity index (χ0) is 23.5. The highest BCUT2D eigenvalue weighted by Crippen LogP contribution is 2.44. The molecule has 0 fully saturated rings. The van der Waals surface area contributed by atoms with Gasteiger partial charge in [0, 0.05) is 18.0 Å². The van der Waals surface area contributed by atoms with E-state index in [-0.39, 0.29) is 17.7 Å². The number of nitrogens with zero attached hydrogens (tertiary/aromatic N) is 1. The first-order valence-corrected chi connectivity index (χ1v) is 12.1. The molecular weight excluding hydrogens is 414 g/mol. The Morgan fingerprint density at radius 1 is 0.735 bits per heavy atom. The van der Waals surface area contributed by atoms with Gasteiger partial charge in [0.25, 0.3) is 0 Å². The molecule has 0 saturated heterocycles. The molecule has 1 heterocycles. The Morgan fingerprint density at radius 2 is 1.24 bits per heavy atom. The van der Waals surface area contributed by atoms with Crippen LogP contribution in [-0.4, -0.2) is 22.9 Å². The van der Waals surface area contributed by atoms with E-state index < -0.39 is 5.54 Å². The molecule has 170 valence electrons. The highest BCUT2D eigenvalue weighted by molar-refractivity contribution is 5.88. The van der Waals surface area contributed by atoms with E-state index in [1.807, 2.05) is 36.4 Å². The summed E-state index contributed by atoms with van der Waals surface area (Å²) in [6.07, 6.45) is 0.852. The number of benzene rings is 4. The minimum absolute atomic E-state index is 0.0866. The van der Waals surface area contributed by atoms with Gasteiger partial charge < -0.3 is 4.90 Å². The smallest absolute Gasteiger partial charge is 0.235 e. The summed E-state index contributed by atoms with van der Waals surface area (Å²) in [6, 6.07) is 39.8. The molecule has 0 N–H and O–H groups in total. The highest BCUT2D eigenvalue weighted by Gasteiger charge is 2.44. The third kappa shape index (κ3) is 4.05. The largest absolute Gasteiger partial charge is 0.335 e. The van der Waals surface area contributed by atoms with Crippen molar-refractivity contribution < 1.29 is 4.79 Å². The predicted molar refractivity (Wildman–Crippen MR) is 139 cm³/mol. The van der Waals surface area contributed by atoms with Gasteiger partial charge in [0.05, 0.1) is 5.92 Å². The van der Waals surface area contributed by atoms with Crippen LogP contribution in [0.5, 0.6) is 0 Å². The molecule has 2 heteroatoms. The van der Waals surface area contributed by atoms with E-state index in [2.05, 4.69) is 97.6 Å². The van der Waals surface area contributed by atoms with Crippen molar-refractivity contribution in [3.8, 4) is 0 Å². The first kappa shape index (κ1) is 22.2. The van der Waals surface area contributed by atoms with Gasteiger partial charge in [0.2, 0.25) is 5.91 Å². The number of hydrogen-bond donors (Lipinski definition) is 0. The lowest BCUT2D eigenvalue weighted by atomic mass is 9.75. The summed E-state index contributed by atoms with van der Waals surface area (Å²) in [6.45, 7) is 5.16. The third-order valence-electron chi connectivity index (χ3n) is 7.28. The zero-order valence-corrected chi connectivity index (χ0v) is 19.9. The first-order chi connectivity index (χ1) is 16.6. The molecule has 1 aliphatic rings. The quantitative estimate of drug-likeness (QED) is 0.338. The minimum Gasteiger partial charge on any atom is -0.335 e. The second-order valence-electron chi connectivity index (χ2n) is 9.69. The lowest BCUT2D eigenvalue weighted by molar-refractivity contribution is -0.137. The van der Waals surface area contributed by atoms with Crippen LogP contribution >= 0.6 is 0 Å². The Balaban J connectivity index is 1.63. The van der Waals surface area contributed by atoms with Crippen LogP contribution in [-0.2, 0) is 11.2 Å². The number of hydrogen-bond acceptors (Lipinski definition) is 1. The van der Waals surface area contributed by atoms with Gasteiger partial charge in [0.1, 0.15) is 0 Å². The molecule has 34 heavy (non-hydrogen) atoms. The van der Waals surface area contributed by atoms with Crippen molar-refractivity contribution in [3.63, 3.8) is 0 Å². The molecule has 1 amide bonds. The molecular formula is C32H31NO. The summed E-state index contributed by atoms with van der Waals surface area (Å²) in [5.41, 5.74) is 5.56. The molecule has 0 saturated carbocycles. The highest BCUT2D eigenvalue weighted by atomic mass is 16.2. The van der Waals surface area contributed by atoms with Crippen molar-refractivity contribution >= 4 is 5.91 Å². The maximum absolute atomic E-state index is 14.5. The van der Waals surface area contributed by atoms with E-state index in [0.717, 1.165) is 17.5 Å². The van der Waals surface area contributed by atoms with Crippen LogP contribution in [0.25, 0.3) is 0 Å². The molecule has 0 spiro atoms. The Morgan fingerprint density at radius 3 is 1.82 bits per heavy atom. The van der Waals surface area contributed by atoms with Crippen LogP contribution in [0.4, 0.5) is 0 Å². The van der Waals surface area contributed by atoms with Crippen molar-refractivity contribution in [1.82, 2.24) is 4.90 Å². The zero-order valence-electron chi connectivity index (χ0n) is 19.9.